The van der Waals surface area contributed by atoms with E-state index in [-0.39, 0.29) is 17.5 Å². The Hall–Kier alpha value is -1.95. The molecule has 1 heterocycles. The Balaban J connectivity index is 2.15. The van der Waals surface area contributed by atoms with Gasteiger partial charge in [0.2, 0.25) is 11.8 Å². The predicted molar refractivity (Wildman–Crippen MR) is 79.4 cm³/mol. The van der Waals surface area contributed by atoms with E-state index >= 15 is 0 Å². The third-order valence-electron chi connectivity index (χ3n) is 3.41. The lowest BCUT2D eigenvalue weighted by Gasteiger charge is -2.19. The maximum Gasteiger partial charge on any atom is 0.241 e. The van der Waals surface area contributed by atoms with Crippen LogP contribution in [0.3, 0.4) is 0 Å². The summed E-state index contributed by atoms with van der Waals surface area (Å²) >= 11 is 0. The number of anilines is 2. The highest BCUT2D eigenvalue weighted by atomic mass is 19.1. The van der Waals surface area contributed by atoms with Crippen molar-refractivity contribution in [2.24, 2.45) is 11.7 Å². The molecule has 5 nitrogen and oxygen atoms in total. The van der Waals surface area contributed by atoms with Crippen LogP contribution in [-0.2, 0) is 16.0 Å². The second-order valence-corrected chi connectivity index (χ2v) is 5.76. The van der Waals surface area contributed by atoms with Crippen molar-refractivity contribution in [2.45, 2.75) is 39.2 Å². The van der Waals surface area contributed by atoms with E-state index in [1.807, 2.05) is 13.8 Å². The van der Waals surface area contributed by atoms with Gasteiger partial charge in [-0.25, -0.2) is 4.39 Å². The zero-order chi connectivity index (χ0) is 15.6. The van der Waals surface area contributed by atoms with Crippen molar-refractivity contribution in [1.29, 1.82) is 0 Å². The summed E-state index contributed by atoms with van der Waals surface area (Å²) in [5.41, 5.74) is 7.09. The smallest absolute Gasteiger partial charge is 0.241 e. The first-order valence-corrected chi connectivity index (χ1v) is 7.05. The fourth-order valence-corrected chi connectivity index (χ4v) is 2.33. The van der Waals surface area contributed by atoms with Crippen LogP contribution >= 0.6 is 0 Å². The van der Waals surface area contributed by atoms with Gasteiger partial charge in [0.25, 0.3) is 0 Å². The minimum atomic E-state index is -0.685. The molecule has 21 heavy (non-hydrogen) atoms. The number of carbonyl (C=O) groups is 2. The first kappa shape index (κ1) is 15.4. The summed E-state index contributed by atoms with van der Waals surface area (Å²) < 4.78 is 14.0. The van der Waals surface area contributed by atoms with E-state index in [1.165, 1.54) is 12.1 Å². The van der Waals surface area contributed by atoms with Crippen LogP contribution in [0.2, 0.25) is 0 Å². The van der Waals surface area contributed by atoms with Gasteiger partial charge in [0, 0.05) is 12.1 Å². The van der Waals surface area contributed by atoms with Gasteiger partial charge >= 0.3 is 0 Å². The number of benzene rings is 1. The molecule has 0 radical (unpaired) electrons. The number of carbonyl (C=O) groups excluding carboxylic acids is 2. The minimum Gasteiger partial charge on any atom is -0.326 e. The fraction of sp³-hybridized carbons (Fsp3) is 0.467. The quantitative estimate of drug-likeness (QED) is 0.794. The van der Waals surface area contributed by atoms with Crippen LogP contribution in [0.5, 0.6) is 0 Å². The van der Waals surface area contributed by atoms with Crippen molar-refractivity contribution in [3.63, 3.8) is 0 Å². The average Bonchev–Trinajstić information content (AvgIpc) is 2.39. The van der Waals surface area contributed by atoms with Gasteiger partial charge in [-0.05, 0) is 36.5 Å². The number of fused-ring (bicyclic) bond motifs is 1. The summed E-state index contributed by atoms with van der Waals surface area (Å²) in [6.45, 7) is 3.92. The zero-order valence-corrected chi connectivity index (χ0v) is 12.2. The molecule has 1 aliphatic heterocycles. The second-order valence-electron chi connectivity index (χ2n) is 5.76. The number of nitrogens with two attached hydrogens (primary N) is 1. The number of hydrogen-bond acceptors (Lipinski definition) is 3. The molecule has 1 aromatic carbocycles. The molecule has 0 spiro atoms. The third kappa shape index (κ3) is 3.78. The molecule has 0 aliphatic carbocycles. The van der Waals surface area contributed by atoms with Gasteiger partial charge in [0.15, 0.2) is 0 Å². The van der Waals surface area contributed by atoms with Crippen molar-refractivity contribution in [2.75, 3.05) is 10.6 Å². The third-order valence-corrected chi connectivity index (χ3v) is 3.41. The minimum absolute atomic E-state index is 0.0418. The monoisotopic (exact) mass is 293 g/mol. The van der Waals surface area contributed by atoms with Crippen LogP contribution in [0.25, 0.3) is 0 Å². The molecule has 2 rings (SSSR count). The Morgan fingerprint density at radius 2 is 2.14 bits per heavy atom. The van der Waals surface area contributed by atoms with E-state index in [9.17, 15) is 14.0 Å². The number of hydrogen-bond donors (Lipinski definition) is 3. The van der Waals surface area contributed by atoms with E-state index < -0.39 is 17.8 Å². The van der Waals surface area contributed by atoms with Crippen molar-refractivity contribution in [3.05, 3.63) is 23.5 Å². The molecule has 0 saturated carbocycles. The van der Waals surface area contributed by atoms with Crippen LogP contribution in [0.1, 0.15) is 32.3 Å². The molecule has 114 valence electrons. The Morgan fingerprint density at radius 1 is 1.43 bits per heavy atom. The van der Waals surface area contributed by atoms with Gasteiger partial charge in [0.05, 0.1) is 11.7 Å². The highest BCUT2D eigenvalue weighted by Gasteiger charge is 2.20. The van der Waals surface area contributed by atoms with Crippen molar-refractivity contribution in [3.8, 4) is 0 Å². The number of nitrogens with one attached hydrogen (secondary N) is 2. The molecule has 0 aromatic heterocycles. The lowest BCUT2D eigenvalue weighted by Crippen LogP contribution is -2.37. The molecular weight excluding hydrogens is 273 g/mol. The van der Waals surface area contributed by atoms with E-state index in [0.717, 1.165) is 5.56 Å². The van der Waals surface area contributed by atoms with Gasteiger partial charge in [-0.15, -0.1) is 0 Å². The van der Waals surface area contributed by atoms with E-state index in [1.54, 1.807) is 0 Å². The fourth-order valence-electron chi connectivity index (χ4n) is 2.33. The van der Waals surface area contributed by atoms with Gasteiger partial charge < -0.3 is 16.4 Å². The van der Waals surface area contributed by atoms with Gasteiger partial charge in [-0.3, -0.25) is 9.59 Å². The van der Waals surface area contributed by atoms with Crippen molar-refractivity contribution in [1.82, 2.24) is 0 Å². The summed E-state index contributed by atoms with van der Waals surface area (Å²) in [4.78, 5) is 23.3. The first-order valence-electron chi connectivity index (χ1n) is 7.05. The molecule has 1 aromatic rings. The van der Waals surface area contributed by atoms with Gasteiger partial charge in [-0.1, -0.05) is 13.8 Å². The Kier molecular flexibility index (Phi) is 4.57. The topological polar surface area (TPSA) is 84.2 Å². The number of aryl methyl sites for hydroxylation is 1. The molecule has 2 amide bonds. The molecule has 0 bridgehead atoms. The molecule has 6 heteroatoms. The molecule has 4 N–H and O–H groups in total. The summed E-state index contributed by atoms with van der Waals surface area (Å²) in [6.07, 6.45) is 1.37. The highest BCUT2D eigenvalue weighted by Crippen LogP contribution is 2.28. The highest BCUT2D eigenvalue weighted by molar-refractivity contribution is 5.98. The Labute approximate surface area is 123 Å². The van der Waals surface area contributed by atoms with E-state index in [0.29, 0.717) is 24.9 Å². The summed E-state index contributed by atoms with van der Waals surface area (Å²) in [5.74, 6) is -0.777. The number of rotatable bonds is 4. The number of amides is 2. The lowest BCUT2D eigenvalue weighted by molar-refractivity contribution is -0.118. The Bertz CT molecular complexity index is 572. The lowest BCUT2D eigenvalue weighted by atomic mass is 10.0. The molecule has 0 fully saturated rings. The maximum absolute atomic E-state index is 14.0. The summed E-state index contributed by atoms with van der Waals surface area (Å²) in [5, 5.41) is 5.16. The first-order chi connectivity index (χ1) is 9.86. The maximum atomic E-state index is 14.0. The van der Waals surface area contributed by atoms with Crippen molar-refractivity contribution < 1.29 is 14.0 Å². The molecular formula is C15H20FN3O2. The zero-order valence-electron chi connectivity index (χ0n) is 12.2. The Morgan fingerprint density at radius 3 is 2.81 bits per heavy atom. The second kappa shape index (κ2) is 6.22. The normalized spacial score (nSPS) is 15.4. The van der Waals surface area contributed by atoms with E-state index in [4.69, 9.17) is 5.73 Å². The SMILES string of the molecule is CC(C)C[C@@H](N)C(=O)Nc1cc2c(cc1F)CCC(=O)N2. The van der Waals surface area contributed by atoms with Crippen LogP contribution < -0.4 is 16.4 Å². The number of halogens is 1. The van der Waals surface area contributed by atoms with Gasteiger partial charge in [0.1, 0.15) is 5.82 Å². The molecule has 0 saturated heterocycles. The summed E-state index contributed by atoms with van der Waals surface area (Å²) in [6, 6.07) is 2.11. The van der Waals surface area contributed by atoms with Crippen LogP contribution in [0.4, 0.5) is 15.8 Å². The van der Waals surface area contributed by atoms with Gasteiger partial charge in [-0.2, -0.15) is 0 Å². The average molecular weight is 293 g/mol. The molecule has 0 unspecified atom stereocenters. The molecule has 1 atom stereocenters. The summed E-state index contributed by atoms with van der Waals surface area (Å²) in [7, 11) is 0. The van der Waals surface area contributed by atoms with Crippen LogP contribution in [-0.4, -0.2) is 17.9 Å². The van der Waals surface area contributed by atoms with E-state index in [2.05, 4.69) is 10.6 Å². The van der Waals surface area contributed by atoms with Crippen LogP contribution in [0.15, 0.2) is 12.1 Å². The standard InChI is InChI=1S/C15H20FN3O2/c1-8(2)5-11(17)15(21)19-13-7-12-9(6-10(13)16)3-4-14(20)18-12/h6-8,11H,3-5,17H2,1-2H3,(H,18,20)(H,19,21)/t11-/m1/s1. The van der Waals surface area contributed by atoms with Crippen LogP contribution in [0, 0.1) is 11.7 Å². The molecule has 1 aliphatic rings. The van der Waals surface area contributed by atoms with Crippen molar-refractivity contribution >= 4 is 23.2 Å². The predicted octanol–water partition coefficient (Wildman–Crippen LogP) is 2.02. The largest absolute Gasteiger partial charge is 0.326 e.